The largest absolute Gasteiger partial charge is 0.390 e. The van der Waals surface area contributed by atoms with Crippen molar-refractivity contribution >= 4 is 0 Å². The van der Waals surface area contributed by atoms with E-state index in [1.165, 1.54) is 0 Å². The second-order valence-corrected chi connectivity index (χ2v) is 8.27. The van der Waals surface area contributed by atoms with Crippen LogP contribution < -0.4 is 0 Å². The first-order chi connectivity index (χ1) is 17.0. The Hall–Kier alpha value is -3.13. The van der Waals surface area contributed by atoms with Crippen molar-refractivity contribution in [1.29, 1.82) is 0 Å². The molecule has 0 bridgehead atoms. The smallest absolute Gasteiger partial charge is 0.184 e. The van der Waals surface area contributed by atoms with Crippen molar-refractivity contribution in [3.05, 3.63) is 67.2 Å². The van der Waals surface area contributed by atoms with Gasteiger partial charge in [0.05, 0.1) is 37.0 Å². The number of rotatable bonds is 6. The number of azide groups is 3. The van der Waals surface area contributed by atoms with Gasteiger partial charge in [-0.2, -0.15) is 0 Å². The van der Waals surface area contributed by atoms with Gasteiger partial charge in [-0.3, -0.25) is 0 Å². The fraction of sp³-hybridized carbons (Fsp3) is 0.684. The Labute approximate surface area is 197 Å². The number of nitrogens with zero attached hydrogens (tertiary/aromatic N) is 9. The molecule has 3 fully saturated rings. The van der Waals surface area contributed by atoms with Gasteiger partial charge in [0.15, 0.2) is 12.6 Å². The molecular weight excluding hydrogens is 466 g/mol. The van der Waals surface area contributed by atoms with Gasteiger partial charge in [0.1, 0.15) is 24.4 Å². The molecule has 11 atom stereocenters. The fourth-order valence-corrected chi connectivity index (χ4v) is 4.51. The van der Waals surface area contributed by atoms with Crippen molar-refractivity contribution in [3.63, 3.8) is 0 Å². The average molecular weight is 489 g/mol. The first-order valence-corrected chi connectivity index (χ1v) is 10.8. The van der Waals surface area contributed by atoms with Crippen LogP contribution in [0.4, 0.5) is 0 Å². The fourth-order valence-electron chi connectivity index (χ4n) is 4.51. The van der Waals surface area contributed by atoms with Crippen LogP contribution in [-0.2, 0) is 18.9 Å². The third kappa shape index (κ3) is 5.12. The number of aliphatic hydroxyl groups is 3. The molecule has 1 saturated carbocycles. The Morgan fingerprint density at radius 2 is 1.54 bits per heavy atom. The predicted molar refractivity (Wildman–Crippen MR) is 115 cm³/mol. The zero-order valence-corrected chi connectivity index (χ0v) is 18.2. The zero-order valence-electron chi connectivity index (χ0n) is 18.2. The molecule has 0 radical (unpaired) electrons. The highest BCUT2D eigenvalue weighted by Gasteiger charge is 2.52. The van der Waals surface area contributed by atoms with E-state index in [0.29, 0.717) is 0 Å². The lowest BCUT2D eigenvalue weighted by atomic mass is 9.84. The van der Waals surface area contributed by atoms with E-state index in [1.54, 1.807) is 12.1 Å². The van der Waals surface area contributed by atoms with Gasteiger partial charge in [-0.05, 0) is 23.0 Å². The summed E-state index contributed by atoms with van der Waals surface area (Å²) < 4.78 is 23.4. The number of fused-ring (bicyclic) bond motifs is 1. The molecule has 1 aliphatic carbocycles. The third-order valence-electron chi connectivity index (χ3n) is 6.22. The van der Waals surface area contributed by atoms with Gasteiger partial charge in [0, 0.05) is 20.3 Å². The lowest BCUT2D eigenvalue weighted by Crippen LogP contribution is -2.64. The molecule has 0 aromatic heterocycles. The van der Waals surface area contributed by atoms with E-state index >= 15 is 0 Å². The van der Waals surface area contributed by atoms with Crippen LogP contribution in [0.25, 0.3) is 31.3 Å². The van der Waals surface area contributed by atoms with E-state index in [9.17, 15) is 15.3 Å². The predicted octanol–water partition coefficient (Wildman–Crippen LogP) is 1.73. The van der Waals surface area contributed by atoms with Crippen LogP contribution in [-0.4, -0.2) is 83.0 Å². The first-order valence-electron chi connectivity index (χ1n) is 10.8. The van der Waals surface area contributed by atoms with Crippen LogP contribution in [0.5, 0.6) is 0 Å². The van der Waals surface area contributed by atoms with Crippen LogP contribution >= 0.6 is 0 Å². The molecule has 16 nitrogen and oxygen atoms in total. The summed E-state index contributed by atoms with van der Waals surface area (Å²) in [7, 11) is 0. The van der Waals surface area contributed by atoms with Crippen molar-refractivity contribution in [3.8, 4) is 0 Å². The van der Waals surface area contributed by atoms with E-state index < -0.39 is 67.3 Å². The Bertz CT molecular complexity index is 1030. The highest BCUT2D eigenvalue weighted by Crippen LogP contribution is 2.37. The molecule has 186 valence electrons. The van der Waals surface area contributed by atoms with E-state index in [4.69, 9.17) is 35.5 Å². The molecular formula is C19H23N9O7. The number of hydrogen-bond acceptors (Lipinski definition) is 10. The topological polar surface area (TPSA) is 244 Å². The SMILES string of the molecule is [N-]=[N+]=NC1CC(N=[N+]=[N-])[C@@H](O[C@H]2OC3COC(c4ccccc4)O[C@H]3C(O)C2N=[N+]=[N-])C(O)C1O. The Kier molecular flexibility index (Phi) is 7.90. The first kappa shape index (κ1) is 25.0. The van der Waals surface area contributed by atoms with E-state index in [-0.39, 0.29) is 13.0 Å². The van der Waals surface area contributed by atoms with Gasteiger partial charge in [-0.25, -0.2) is 0 Å². The summed E-state index contributed by atoms with van der Waals surface area (Å²) in [5.41, 5.74) is 27.5. The summed E-state index contributed by atoms with van der Waals surface area (Å²) in [5.74, 6) is 0. The van der Waals surface area contributed by atoms with Gasteiger partial charge in [0.2, 0.25) is 0 Å². The lowest BCUT2D eigenvalue weighted by Gasteiger charge is -2.48. The maximum Gasteiger partial charge on any atom is 0.184 e. The summed E-state index contributed by atoms with van der Waals surface area (Å²) in [5, 5.41) is 42.6. The molecule has 1 aromatic rings. The molecule has 1 aromatic carbocycles. The van der Waals surface area contributed by atoms with Crippen molar-refractivity contribution in [2.75, 3.05) is 6.61 Å². The van der Waals surface area contributed by atoms with Crippen LogP contribution in [0.3, 0.4) is 0 Å². The summed E-state index contributed by atoms with van der Waals surface area (Å²) >= 11 is 0. The summed E-state index contributed by atoms with van der Waals surface area (Å²) in [6.45, 7) is 0.0126. The molecule has 0 spiro atoms. The number of hydrogen-bond donors (Lipinski definition) is 3. The third-order valence-corrected chi connectivity index (χ3v) is 6.22. The maximum atomic E-state index is 11.0. The lowest BCUT2D eigenvalue weighted by molar-refractivity contribution is -0.351. The molecule has 2 heterocycles. The van der Waals surface area contributed by atoms with Crippen LogP contribution in [0, 0.1) is 0 Å². The van der Waals surface area contributed by atoms with E-state index in [1.807, 2.05) is 18.2 Å². The van der Waals surface area contributed by atoms with E-state index in [0.717, 1.165) is 5.56 Å². The van der Waals surface area contributed by atoms with Gasteiger partial charge < -0.3 is 34.3 Å². The van der Waals surface area contributed by atoms with Crippen molar-refractivity contribution in [1.82, 2.24) is 0 Å². The molecule has 4 rings (SSSR count). The molecule has 2 aliphatic heterocycles. The Morgan fingerprint density at radius 3 is 2.23 bits per heavy atom. The quantitative estimate of drug-likeness (QED) is 0.303. The number of aliphatic hydroxyl groups excluding tert-OH is 3. The van der Waals surface area contributed by atoms with Gasteiger partial charge in [0.25, 0.3) is 0 Å². The highest BCUT2D eigenvalue weighted by atomic mass is 16.7. The number of ether oxygens (including phenoxy) is 4. The molecule has 8 unspecified atom stereocenters. The molecule has 2 saturated heterocycles. The van der Waals surface area contributed by atoms with Crippen LogP contribution in [0.15, 0.2) is 45.7 Å². The highest BCUT2D eigenvalue weighted by molar-refractivity contribution is 5.17. The minimum absolute atomic E-state index is 0.0126. The Balaban J connectivity index is 1.54. The second kappa shape index (κ2) is 11.1. The zero-order chi connectivity index (χ0) is 24.9. The standard InChI is InChI=1S/C19H23N9O7/c20-26-23-9-6-10(24-27-21)16(15(31)13(9)29)34-19-12(25-28-22)14(30)17-11(33-19)7-32-18(35-17)8-4-2-1-3-5-8/h1-5,9-19,29-31H,6-7H2/t9?,10?,11?,12?,13?,14?,15?,16-,17-,18?,19-/m1/s1. The maximum absolute atomic E-state index is 11.0. The molecule has 3 aliphatic rings. The van der Waals surface area contributed by atoms with Crippen LogP contribution in [0.1, 0.15) is 18.3 Å². The van der Waals surface area contributed by atoms with Gasteiger partial charge >= 0.3 is 0 Å². The monoisotopic (exact) mass is 489 g/mol. The molecule has 3 N–H and O–H groups in total. The van der Waals surface area contributed by atoms with Gasteiger partial charge in [-0.15, -0.1) is 0 Å². The minimum atomic E-state index is -1.64. The normalized spacial score (nSPS) is 40.8. The van der Waals surface area contributed by atoms with Crippen molar-refractivity contribution in [2.45, 2.75) is 73.8 Å². The van der Waals surface area contributed by atoms with Crippen LogP contribution in [0.2, 0.25) is 0 Å². The second-order valence-electron chi connectivity index (χ2n) is 8.27. The Morgan fingerprint density at radius 1 is 0.857 bits per heavy atom. The summed E-state index contributed by atoms with van der Waals surface area (Å²) in [6, 6.07) is 5.64. The van der Waals surface area contributed by atoms with Crippen molar-refractivity contribution < 1.29 is 34.3 Å². The van der Waals surface area contributed by atoms with Gasteiger partial charge in [-0.1, -0.05) is 45.7 Å². The molecule has 35 heavy (non-hydrogen) atoms. The van der Waals surface area contributed by atoms with E-state index in [2.05, 4.69) is 30.1 Å². The molecule has 0 amide bonds. The average Bonchev–Trinajstić information content (AvgIpc) is 2.87. The molecule has 16 heteroatoms. The summed E-state index contributed by atoms with van der Waals surface area (Å²) in [4.78, 5) is 8.13. The number of benzene rings is 1. The van der Waals surface area contributed by atoms with Crippen molar-refractivity contribution in [2.24, 2.45) is 15.3 Å². The summed E-state index contributed by atoms with van der Waals surface area (Å²) in [6.07, 6.45) is -9.88. The minimum Gasteiger partial charge on any atom is -0.390 e.